The first-order valence-electron chi connectivity index (χ1n) is 5.38. The standard InChI is InChI=1S/C12H18N2O2S/c1-9(8-17-2)14-12(15)7-16-11-5-3-4-10(13)6-11/h3-6,9H,7-8,13H2,1-2H3,(H,14,15). The van der Waals surface area contributed by atoms with Gasteiger partial charge in [-0.25, -0.2) is 0 Å². The molecule has 0 saturated heterocycles. The van der Waals surface area contributed by atoms with Crippen LogP contribution in [0, 0.1) is 0 Å². The van der Waals surface area contributed by atoms with Gasteiger partial charge in [-0.05, 0) is 25.3 Å². The molecule has 0 aromatic heterocycles. The van der Waals surface area contributed by atoms with Crippen molar-refractivity contribution in [3.05, 3.63) is 24.3 Å². The van der Waals surface area contributed by atoms with Crippen molar-refractivity contribution >= 4 is 23.4 Å². The third-order valence-corrected chi connectivity index (χ3v) is 2.89. The average Bonchev–Trinajstić information content (AvgIpc) is 2.27. The maximum atomic E-state index is 11.5. The third kappa shape index (κ3) is 5.49. The van der Waals surface area contributed by atoms with Gasteiger partial charge >= 0.3 is 0 Å². The minimum atomic E-state index is -0.117. The van der Waals surface area contributed by atoms with Gasteiger partial charge in [0, 0.05) is 23.5 Å². The van der Waals surface area contributed by atoms with Crippen LogP contribution < -0.4 is 15.8 Å². The number of hydrogen-bond acceptors (Lipinski definition) is 4. The van der Waals surface area contributed by atoms with Crippen LogP contribution in [0.2, 0.25) is 0 Å². The molecule has 0 bridgehead atoms. The van der Waals surface area contributed by atoms with Crippen LogP contribution in [0.25, 0.3) is 0 Å². The van der Waals surface area contributed by atoms with Crippen LogP contribution in [-0.4, -0.2) is 30.6 Å². The Morgan fingerprint density at radius 2 is 2.35 bits per heavy atom. The fourth-order valence-corrected chi connectivity index (χ4v) is 1.94. The number of carbonyl (C=O) groups is 1. The molecule has 1 unspecified atom stereocenters. The molecule has 0 aliphatic carbocycles. The van der Waals surface area contributed by atoms with Gasteiger partial charge in [-0.15, -0.1) is 0 Å². The first-order chi connectivity index (χ1) is 8.11. The lowest BCUT2D eigenvalue weighted by molar-refractivity contribution is -0.123. The molecule has 1 rings (SSSR count). The number of nitrogen functional groups attached to an aromatic ring is 1. The molecule has 1 atom stereocenters. The molecule has 0 aliphatic rings. The fraction of sp³-hybridized carbons (Fsp3) is 0.417. The van der Waals surface area contributed by atoms with Crippen molar-refractivity contribution in [1.29, 1.82) is 0 Å². The molecule has 1 amide bonds. The number of nitrogens with one attached hydrogen (secondary N) is 1. The predicted molar refractivity (Wildman–Crippen MR) is 72.3 cm³/mol. The molecule has 0 radical (unpaired) electrons. The summed E-state index contributed by atoms with van der Waals surface area (Å²) in [5, 5.41) is 2.85. The van der Waals surface area contributed by atoms with E-state index in [0.29, 0.717) is 11.4 Å². The molecule has 1 aromatic carbocycles. The van der Waals surface area contributed by atoms with E-state index in [4.69, 9.17) is 10.5 Å². The number of rotatable bonds is 6. The number of hydrogen-bond donors (Lipinski definition) is 2. The number of thioether (sulfide) groups is 1. The van der Waals surface area contributed by atoms with E-state index in [1.165, 1.54) is 0 Å². The van der Waals surface area contributed by atoms with Crippen LogP contribution in [0.1, 0.15) is 6.92 Å². The van der Waals surface area contributed by atoms with E-state index in [1.54, 1.807) is 36.0 Å². The van der Waals surface area contributed by atoms with E-state index in [-0.39, 0.29) is 18.6 Å². The van der Waals surface area contributed by atoms with Crippen molar-refractivity contribution in [3.8, 4) is 5.75 Å². The Balaban J connectivity index is 2.33. The summed E-state index contributed by atoms with van der Waals surface area (Å²) in [4.78, 5) is 11.5. The number of benzene rings is 1. The third-order valence-electron chi connectivity index (χ3n) is 2.05. The van der Waals surface area contributed by atoms with Crippen LogP contribution in [0.3, 0.4) is 0 Å². The maximum absolute atomic E-state index is 11.5. The molecule has 0 fully saturated rings. The predicted octanol–water partition coefficient (Wildman–Crippen LogP) is 1.52. The summed E-state index contributed by atoms with van der Waals surface area (Å²) < 4.78 is 5.33. The summed E-state index contributed by atoms with van der Waals surface area (Å²) in [6, 6.07) is 7.18. The molecule has 0 aliphatic heterocycles. The van der Waals surface area contributed by atoms with Crippen LogP contribution in [0.5, 0.6) is 5.75 Å². The average molecular weight is 254 g/mol. The Morgan fingerprint density at radius 1 is 1.59 bits per heavy atom. The topological polar surface area (TPSA) is 64.3 Å². The van der Waals surface area contributed by atoms with Crippen LogP contribution in [-0.2, 0) is 4.79 Å². The molecule has 17 heavy (non-hydrogen) atoms. The molecule has 4 nitrogen and oxygen atoms in total. The molecule has 1 aromatic rings. The Hall–Kier alpha value is -1.36. The Morgan fingerprint density at radius 3 is 3.00 bits per heavy atom. The molecule has 5 heteroatoms. The van der Waals surface area contributed by atoms with Crippen molar-refractivity contribution in [2.75, 3.05) is 24.3 Å². The highest BCUT2D eigenvalue weighted by atomic mass is 32.2. The summed E-state index contributed by atoms with van der Waals surface area (Å²) in [5.41, 5.74) is 6.23. The van der Waals surface area contributed by atoms with Gasteiger partial charge in [0.2, 0.25) is 0 Å². The second-order valence-corrected chi connectivity index (χ2v) is 4.70. The monoisotopic (exact) mass is 254 g/mol. The molecule has 0 heterocycles. The SMILES string of the molecule is CSCC(C)NC(=O)COc1cccc(N)c1. The minimum Gasteiger partial charge on any atom is -0.484 e. The zero-order valence-corrected chi connectivity index (χ0v) is 10.9. The van der Waals surface area contributed by atoms with Crippen molar-refractivity contribution < 1.29 is 9.53 Å². The van der Waals surface area contributed by atoms with Crippen LogP contribution >= 0.6 is 11.8 Å². The zero-order chi connectivity index (χ0) is 12.7. The maximum Gasteiger partial charge on any atom is 0.258 e. The minimum absolute atomic E-state index is 0.0160. The molecule has 94 valence electrons. The van der Waals surface area contributed by atoms with E-state index in [1.807, 2.05) is 13.2 Å². The van der Waals surface area contributed by atoms with Crippen molar-refractivity contribution in [2.45, 2.75) is 13.0 Å². The fourth-order valence-electron chi connectivity index (χ4n) is 1.36. The van der Waals surface area contributed by atoms with Crippen molar-refractivity contribution in [1.82, 2.24) is 5.32 Å². The summed E-state index contributed by atoms with van der Waals surface area (Å²) in [5.74, 6) is 1.39. The van der Waals surface area contributed by atoms with Gasteiger partial charge < -0.3 is 15.8 Å². The number of nitrogens with two attached hydrogens (primary N) is 1. The molecule has 0 spiro atoms. The van der Waals surface area contributed by atoms with Crippen molar-refractivity contribution in [3.63, 3.8) is 0 Å². The lowest BCUT2D eigenvalue weighted by atomic mass is 10.3. The van der Waals surface area contributed by atoms with E-state index in [0.717, 1.165) is 5.75 Å². The van der Waals surface area contributed by atoms with Gasteiger partial charge in [-0.3, -0.25) is 4.79 Å². The highest BCUT2D eigenvalue weighted by Gasteiger charge is 2.07. The molecular formula is C12H18N2O2S. The van der Waals surface area contributed by atoms with Gasteiger partial charge in [0.1, 0.15) is 5.75 Å². The summed E-state index contributed by atoms with van der Waals surface area (Å²) in [7, 11) is 0. The van der Waals surface area contributed by atoms with Crippen molar-refractivity contribution in [2.24, 2.45) is 0 Å². The van der Waals surface area contributed by atoms with Crippen LogP contribution in [0.4, 0.5) is 5.69 Å². The summed E-state index contributed by atoms with van der Waals surface area (Å²) in [6.45, 7) is 1.98. The number of amides is 1. The van der Waals surface area contributed by atoms with E-state index in [2.05, 4.69) is 5.32 Å². The lowest BCUT2D eigenvalue weighted by Gasteiger charge is -2.13. The van der Waals surface area contributed by atoms with E-state index >= 15 is 0 Å². The second kappa shape index (κ2) is 7.06. The van der Waals surface area contributed by atoms with Gasteiger partial charge in [0.25, 0.3) is 5.91 Å². The second-order valence-electron chi connectivity index (χ2n) is 3.79. The van der Waals surface area contributed by atoms with Gasteiger partial charge in [0.15, 0.2) is 6.61 Å². The highest BCUT2D eigenvalue weighted by Crippen LogP contribution is 2.13. The van der Waals surface area contributed by atoms with Gasteiger partial charge in [-0.1, -0.05) is 6.07 Å². The number of anilines is 1. The Kier molecular flexibility index (Phi) is 5.69. The smallest absolute Gasteiger partial charge is 0.258 e. The largest absolute Gasteiger partial charge is 0.484 e. The Bertz CT molecular complexity index is 371. The first-order valence-corrected chi connectivity index (χ1v) is 6.78. The summed E-state index contributed by atoms with van der Waals surface area (Å²) in [6.07, 6.45) is 2.01. The van der Waals surface area contributed by atoms with E-state index < -0.39 is 0 Å². The summed E-state index contributed by atoms with van der Waals surface area (Å²) >= 11 is 1.70. The van der Waals surface area contributed by atoms with E-state index in [9.17, 15) is 4.79 Å². The van der Waals surface area contributed by atoms with Gasteiger partial charge in [0.05, 0.1) is 0 Å². The molecular weight excluding hydrogens is 236 g/mol. The first kappa shape index (κ1) is 13.7. The quantitative estimate of drug-likeness (QED) is 0.755. The zero-order valence-electron chi connectivity index (χ0n) is 10.1. The highest BCUT2D eigenvalue weighted by molar-refractivity contribution is 7.98. The molecule has 3 N–H and O–H groups in total. The number of carbonyl (C=O) groups excluding carboxylic acids is 1. The number of ether oxygens (including phenoxy) is 1. The lowest BCUT2D eigenvalue weighted by Crippen LogP contribution is -2.37. The molecule has 0 saturated carbocycles. The van der Waals surface area contributed by atoms with Gasteiger partial charge in [-0.2, -0.15) is 11.8 Å². The normalized spacial score (nSPS) is 11.9. The Labute approximate surface area is 106 Å². The van der Waals surface area contributed by atoms with Crippen LogP contribution in [0.15, 0.2) is 24.3 Å².